The number of hydrogen-bond acceptors (Lipinski definition) is 2. The van der Waals surface area contributed by atoms with E-state index < -0.39 is 11.9 Å². The lowest BCUT2D eigenvalue weighted by Gasteiger charge is -2.03. The zero-order valence-electron chi connectivity index (χ0n) is 6.42. The van der Waals surface area contributed by atoms with Crippen molar-refractivity contribution in [3.05, 3.63) is 35.8 Å². The number of allylic oxidation sites excluding steroid dienone is 1. The minimum atomic E-state index is -4.71. The minimum absolute atomic E-state index is 0.0670. The number of pyridine rings is 1. The molecule has 0 fully saturated rings. The Bertz CT molecular complexity index is 305. The van der Waals surface area contributed by atoms with Gasteiger partial charge in [0.2, 0.25) is 0 Å². The molecule has 70 valence electrons. The summed E-state index contributed by atoms with van der Waals surface area (Å²) in [6.45, 7) is 0. The number of alkyl halides is 3. The average molecular weight is 189 g/mol. The fourth-order valence-electron chi connectivity index (χ4n) is 0.683. The summed E-state index contributed by atoms with van der Waals surface area (Å²) in [4.78, 5) is 3.60. The van der Waals surface area contributed by atoms with E-state index in [2.05, 4.69) is 4.98 Å². The smallest absolute Gasteiger partial charge is 0.448 e. The Morgan fingerprint density at radius 2 is 2.08 bits per heavy atom. The third-order valence-corrected chi connectivity index (χ3v) is 1.26. The maximum Gasteiger partial charge on any atom is 0.448 e. The molecule has 0 amide bonds. The lowest BCUT2D eigenvalue weighted by atomic mass is 10.3. The molecule has 0 bridgehead atoms. The Balaban J connectivity index is 2.90. The van der Waals surface area contributed by atoms with Crippen LogP contribution in [0.4, 0.5) is 13.2 Å². The van der Waals surface area contributed by atoms with Crippen LogP contribution in [-0.2, 0) is 0 Å². The van der Waals surface area contributed by atoms with E-state index in [1.165, 1.54) is 18.3 Å². The van der Waals surface area contributed by atoms with Gasteiger partial charge < -0.3 is 5.11 Å². The average Bonchev–Trinajstić information content (AvgIpc) is 2.04. The first kappa shape index (κ1) is 9.57. The maximum absolute atomic E-state index is 11.8. The summed E-state index contributed by atoms with van der Waals surface area (Å²) in [5.41, 5.74) is 0.0670. The van der Waals surface area contributed by atoms with Crippen LogP contribution in [0, 0.1) is 0 Å². The highest BCUT2D eigenvalue weighted by Crippen LogP contribution is 2.24. The third-order valence-electron chi connectivity index (χ3n) is 1.26. The summed E-state index contributed by atoms with van der Waals surface area (Å²) in [6, 6.07) is 4.46. The lowest BCUT2D eigenvalue weighted by molar-refractivity contribution is -0.119. The van der Waals surface area contributed by atoms with E-state index in [-0.39, 0.29) is 5.69 Å². The van der Waals surface area contributed by atoms with Crippen LogP contribution < -0.4 is 0 Å². The van der Waals surface area contributed by atoms with Crippen molar-refractivity contribution in [2.75, 3.05) is 0 Å². The van der Waals surface area contributed by atoms with Crippen LogP contribution in [0.1, 0.15) is 5.69 Å². The Labute approximate surface area is 72.3 Å². The van der Waals surface area contributed by atoms with E-state index in [0.29, 0.717) is 6.08 Å². The predicted octanol–water partition coefficient (Wildman–Crippen LogP) is 2.54. The van der Waals surface area contributed by atoms with Gasteiger partial charge in [0.25, 0.3) is 0 Å². The highest BCUT2D eigenvalue weighted by atomic mass is 19.4. The summed E-state index contributed by atoms with van der Waals surface area (Å²) in [6.07, 6.45) is -2.80. The van der Waals surface area contributed by atoms with Gasteiger partial charge in [-0.1, -0.05) is 6.07 Å². The molecule has 1 aromatic rings. The van der Waals surface area contributed by atoms with Crippen LogP contribution in [0.5, 0.6) is 0 Å². The van der Waals surface area contributed by atoms with Crippen molar-refractivity contribution in [2.24, 2.45) is 0 Å². The minimum Gasteiger partial charge on any atom is -0.504 e. The molecule has 0 atom stereocenters. The van der Waals surface area contributed by atoms with Crippen LogP contribution in [0.2, 0.25) is 0 Å². The van der Waals surface area contributed by atoms with Crippen molar-refractivity contribution in [3.63, 3.8) is 0 Å². The molecule has 1 heterocycles. The molecule has 0 aliphatic carbocycles. The molecule has 0 aliphatic rings. The highest BCUT2D eigenvalue weighted by molar-refractivity contribution is 5.47. The largest absolute Gasteiger partial charge is 0.504 e. The predicted molar refractivity (Wildman–Crippen MR) is 40.9 cm³/mol. The molecule has 0 spiro atoms. The van der Waals surface area contributed by atoms with Crippen molar-refractivity contribution < 1.29 is 18.3 Å². The van der Waals surface area contributed by atoms with Crippen molar-refractivity contribution in [3.8, 4) is 0 Å². The molecule has 1 N–H and O–H groups in total. The van der Waals surface area contributed by atoms with Gasteiger partial charge in [0.1, 0.15) is 0 Å². The zero-order chi connectivity index (χ0) is 9.90. The standard InChI is InChI=1S/C8H6F3NO/c9-8(10,11)7(13)5-6-3-1-2-4-12-6/h1-5,13H/b7-5-. The molecular formula is C8H6F3NO. The summed E-state index contributed by atoms with van der Waals surface area (Å²) in [5.74, 6) is -1.65. The van der Waals surface area contributed by atoms with Gasteiger partial charge in [0.15, 0.2) is 5.76 Å². The third kappa shape index (κ3) is 2.77. The zero-order valence-corrected chi connectivity index (χ0v) is 6.42. The number of halogens is 3. The van der Waals surface area contributed by atoms with E-state index in [0.717, 1.165) is 0 Å². The molecule has 13 heavy (non-hydrogen) atoms. The number of rotatable bonds is 1. The Morgan fingerprint density at radius 1 is 1.38 bits per heavy atom. The van der Waals surface area contributed by atoms with E-state index in [1.54, 1.807) is 6.07 Å². The van der Waals surface area contributed by atoms with Crippen LogP contribution in [0.25, 0.3) is 6.08 Å². The molecule has 0 aliphatic heterocycles. The molecule has 0 saturated heterocycles. The molecular weight excluding hydrogens is 183 g/mol. The quantitative estimate of drug-likeness (QED) is 0.688. The Kier molecular flexibility index (Phi) is 2.55. The van der Waals surface area contributed by atoms with Gasteiger partial charge in [-0.05, 0) is 12.1 Å². The Morgan fingerprint density at radius 3 is 2.54 bits per heavy atom. The summed E-state index contributed by atoms with van der Waals surface area (Å²) >= 11 is 0. The summed E-state index contributed by atoms with van der Waals surface area (Å²) in [7, 11) is 0. The molecule has 0 saturated carbocycles. The number of hydrogen-bond donors (Lipinski definition) is 1. The number of aliphatic hydroxyl groups excluding tert-OH is 1. The first-order chi connectivity index (χ1) is 6.00. The molecule has 2 nitrogen and oxygen atoms in total. The lowest BCUT2D eigenvalue weighted by Crippen LogP contribution is -2.10. The second kappa shape index (κ2) is 3.47. The summed E-state index contributed by atoms with van der Waals surface area (Å²) in [5, 5.41) is 8.54. The Hall–Kier alpha value is -1.52. The van der Waals surface area contributed by atoms with Crippen molar-refractivity contribution in [1.82, 2.24) is 4.98 Å². The molecule has 0 unspecified atom stereocenters. The van der Waals surface area contributed by atoms with Crippen molar-refractivity contribution in [1.29, 1.82) is 0 Å². The summed E-state index contributed by atoms with van der Waals surface area (Å²) < 4.78 is 35.4. The number of aromatic nitrogens is 1. The molecule has 5 heteroatoms. The van der Waals surface area contributed by atoms with Gasteiger partial charge in [0, 0.05) is 12.3 Å². The van der Waals surface area contributed by atoms with Gasteiger partial charge in [-0.3, -0.25) is 4.98 Å². The van der Waals surface area contributed by atoms with Crippen LogP contribution >= 0.6 is 0 Å². The number of nitrogens with zero attached hydrogens (tertiary/aromatic N) is 1. The van der Waals surface area contributed by atoms with Crippen LogP contribution in [0.3, 0.4) is 0 Å². The van der Waals surface area contributed by atoms with Crippen LogP contribution in [0.15, 0.2) is 30.2 Å². The molecule has 0 aromatic carbocycles. The van der Waals surface area contributed by atoms with Gasteiger partial charge >= 0.3 is 6.18 Å². The fraction of sp³-hybridized carbons (Fsp3) is 0.125. The van der Waals surface area contributed by atoms with Gasteiger partial charge in [-0.25, -0.2) is 0 Å². The molecule has 1 rings (SSSR count). The van der Waals surface area contributed by atoms with Crippen molar-refractivity contribution >= 4 is 6.08 Å². The maximum atomic E-state index is 11.8. The van der Waals surface area contributed by atoms with E-state index in [1.807, 2.05) is 0 Å². The van der Waals surface area contributed by atoms with E-state index >= 15 is 0 Å². The van der Waals surface area contributed by atoms with E-state index in [4.69, 9.17) is 5.11 Å². The van der Waals surface area contributed by atoms with Gasteiger partial charge in [-0.15, -0.1) is 0 Å². The monoisotopic (exact) mass is 189 g/mol. The first-order valence-corrected chi connectivity index (χ1v) is 3.39. The first-order valence-electron chi connectivity index (χ1n) is 3.39. The van der Waals surface area contributed by atoms with E-state index in [9.17, 15) is 13.2 Å². The number of aliphatic hydroxyl groups is 1. The normalized spacial score (nSPS) is 13.0. The van der Waals surface area contributed by atoms with Crippen LogP contribution in [-0.4, -0.2) is 16.3 Å². The second-order valence-corrected chi connectivity index (χ2v) is 2.28. The molecule has 0 radical (unpaired) electrons. The van der Waals surface area contributed by atoms with Crippen molar-refractivity contribution in [2.45, 2.75) is 6.18 Å². The molecule has 1 aromatic heterocycles. The highest BCUT2D eigenvalue weighted by Gasteiger charge is 2.33. The topological polar surface area (TPSA) is 33.1 Å². The van der Waals surface area contributed by atoms with Gasteiger partial charge in [0.05, 0.1) is 5.69 Å². The van der Waals surface area contributed by atoms with Gasteiger partial charge in [-0.2, -0.15) is 13.2 Å². The fourth-order valence-corrected chi connectivity index (χ4v) is 0.683. The SMILES string of the molecule is O/C(=C\c1ccccn1)C(F)(F)F. The second-order valence-electron chi connectivity index (χ2n) is 2.28.